The first kappa shape index (κ1) is 21.4. The van der Waals surface area contributed by atoms with E-state index in [9.17, 15) is 9.59 Å². The fourth-order valence-corrected chi connectivity index (χ4v) is 5.16. The first-order valence-corrected chi connectivity index (χ1v) is 11.7. The van der Waals surface area contributed by atoms with Crippen LogP contribution in [-0.4, -0.2) is 64.7 Å². The summed E-state index contributed by atoms with van der Waals surface area (Å²) in [5.74, 6) is 0.581. The Bertz CT molecular complexity index is 724. The van der Waals surface area contributed by atoms with Crippen molar-refractivity contribution < 1.29 is 4.79 Å². The number of rotatable bonds is 7. The van der Waals surface area contributed by atoms with Gasteiger partial charge < -0.3 is 9.80 Å². The lowest BCUT2D eigenvalue weighted by atomic mass is 9.97. The van der Waals surface area contributed by atoms with E-state index >= 15 is 0 Å². The second kappa shape index (κ2) is 10.4. The maximum atomic E-state index is 12.7. The second-order valence-corrected chi connectivity index (χ2v) is 9.19. The number of thioether (sulfide) groups is 1. The third kappa shape index (κ3) is 5.60. The molecule has 7 heteroatoms. The van der Waals surface area contributed by atoms with Crippen LogP contribution >= 0.6 is 11.8 Å². The van der Waals surface area contributed by atoms with E-state index in [1.54, 1.807) is 0 Å². The van der Waals surface area contributed by atoms with Crippen LogP contribution in [0.2, 0.25) is 0 Å². The Labute approximate surface area is 172 Å². The highest BCUT2D eigenvalue weighted by molar-refractivity contribution is 7.99. The maximum Gasteiger partial charge on any atom is 0.348 e. The van der Waals surface area contributed by atoms with Crippen LogP contribution in [0.25, 0.3) is 0 Å². The first-order chi connectivity index (χ1) is 13.6. The summed E-state index contributed by atoms with van der Waals surface area (Å²) in [6, 6.07) is 0. The number of carbonyl (C=O) groups is 1. The van der Waals surface area contributed by atoms with Crippen LogP contribution in [0.5, 0.6) is 0 Å². The van der Waals surface area contributed by atoms with Crippen molar-refractivity contribution in [1.29, 1.82) is 0 Å². The normalized spacial score (nSPS) is 17.5. The van der Waals surface area contributed by atoms with E-state index in [2.05, 4.69) is 24.0 Å². The lowest BCUT2D eigenvalue weighted by molar-refractivity contribution is -0.128. The van der Waals surface area contributed by atoms with E-state index in [0.717, 1.165) is 81.8 Å². The van der Waals surface area contributed by atoms with Crippen molar-refractivity contribution >= 4 is 17.7 Å². The molecule has 156 valence electrons. The molecule has 1 fully saturated rings. The Hall–Kier alpha value is -1.34. The van der Waals surface area contributed by atoms with Crippen molar-refractivity contribution in [2.45, 2.75) is 69.4 Å². The van der Waals surface area contributed by atoms with Crippen molar-refractivity contribution in [1.82, 2.24) is 19.4 Å². The molecule has 0 spiro atoms. The van der Waals surface area contributed by atoms with Crippen molar-refractivity contribution in [2.24, 2.45) is 0 Å². The van der Waals surface area contributed by atoms with Crippen molar-refractivity contribution in [3.63, 3.8) is 0 Å². The first-order valence-electron chi connectivity index (χ1n) is 10.7. The molecule has 1 aliphatic carbocycles. The van der Waals surface area contributed by atoms with Gasteiger partial charge in [0.1, 0.15) is 5.03 Å². The Balaban J connectivity index is 1.71. The van der Waals surface area contributed by atoms with Gasteiger partial charge in [0.05, 0.1) is 5.75 Å². The van der Waals surface area contributed by atoms with E-state index in [0.29, 0.717) is 5.75 Å². The summed E-state index contributed by atoms with van der Waals surface area (Å²) in [4.78, 5) is 33.9. The van der Waals surface area contributed by atoms with E-state index in [-0.39, 0.29) is 11.6 Å². The summed E-state index contributed by atoms with van der Waals surface area (Å²) in [5, 5.41) is 0.798. The molecule has 0 bridgehead atoms. The average molecular weight is 407 g/mol. The Morgan fingerprint density at radius 3 is 2.50 bits per heavy atom. The van der Waals surface area contributed by atoms with Gasteiger partial charge in [-0.1, -0.05) is 24.6 Å². The van der Waals surface area contributed by atoms with Crippen LogP contribution < -0.4 is 5.69 Å². The minimum atomic E-state index is -0.149. The van der Waals surface area contributed by atoms with Gasteiger partial charge in [-0.3, -0.25) is 9.36 Å². The van der Waals surface area contributed by atoms with Crippen LogP contribution in [0.3, 0.4) is 0 Å². The quantitative estimate of drug-likeness (QED) is 0.515. The predicted molar refractivity (Wildman–Crippen MR) is 114 cm³/mol. The molecule has 0 aromatic carbocycles. The Morgan fingerprint density at radius 1 is 1.07 bits per heavy atom. The molecule has 2 aliphatic rings. The van der Waals surface area contributed by atoms with Gasteiger partial charge in [0.2, 0.25) is 5.91 Å². The molecule has 1 amide bonds. The summed E-state index contributed by atoms with van der Waals surface area (Å²) in [6.45, 7) is 3.43. The zero-order chi connectivity index (χ0) is 19.9. The van der Waals surface area contributed by atoms with E-state index in [4.69, 9.17) is 0 Å². The highest BCUT2D eigenvalue weighted by atomic mass is 32.2. The number of aromatic nitrogens is 2. The number of amides is 1. The number of nitrogens with zero attached hydrogens (tertiary/aromatic N) is 4. The molecule has 1 aliphatic heterocycles. The van der Waals surface area contributed by atoms with Gasteiger partial charge in [-0.05, 0) is 65.6 Å². The van der Waals surface area contributed by atoms with Gasteiger partial charge in [-0.2, -0.15) is 4.98 Å². The summed E-state index contributed by atoms with van der Waals surface area (Å²) < 4.78 is 1.89. The molecule has 0 saturated carbocycles. The van der Waals surface area contributed by atoms with Crippen molar-refractivity contribution in [3.05, 3.63) is 21.7 Å². The molecule has 2 heterocycles. The third-order valence-electron chi connectivity index (χ3n) is 5.73. The fraction of sp³-hybridized carbons (Fsp3) is 0.762. The summed E-state index contributed by atoms with van der Waals surface area (Å²) in [5.41, 5.74) is 2.23. The summed E-state index contributed by atoms with van der Waals surface area (Å²) in [6.07, 6.45) is 9.77. The topological polar surface area (TPSA) is 58.4 Å². The number of carbonyl (C=O) groups excluding carboxylic acids is 1. The zero-order valence-corrected chi connectivity index (χ0v) is 18.2. The SMILES string of the molecule is CN(C)CCCn1c2c(c(SCC(=O)N3CCCCCC3)nc1=O)CCCC2. The number of likely N-dealkylation sites (tertiary alicyclic amines) is 1. The summed E-state index contributed by atoms with van der Waals surface area (Å²) >= 11 is 1.47. The van der Waals surface area contributed by atoms with Crippen LogP contribution in [0.1, 0.15) is 56.2 Å². The third-order valence-corrected chi connectivity index (χ3v) is 6.73. The minimum absolute atomic E-state index is 0.149. The number of hydrogen-bond donors (Lipinski definition) is 0. The zero-order valence-electron chi connectivity index (χ0n) is 17.4. The minimum Gasteiger partial charge on any atom is -0.342 e. The van der Waals surface area contributed by atoms with E-state index < -0.39 is 0 Å². The molecule has 28 heavy (non-hydrogen) atoms. The maximum absolute atomic E-state index is 12.7. The lowest BCUT2D eigenvalue weighted by Gasteiger charge is -2.24. The molecule has 6 nitrogen and oxygen atoms in total. The predicted octanol–water partition coefficient (Wildman–Crippen LogP) is 2.57. The molecular weight excluding hydrogens is 372 g/mol. The van der Waals surface area contributed by atoms with Crippen LogP contribution in [0.15, 0.2) is 9.82 Å². The monoisotopic (exact) mass is 406 g/mol. The number of hydrogen-bond acceptors (Lipinski definition) is 5. The largest absolute Gasteiger partial charge is 0.348 e. The van der Waals surface area contributed by atoms with Gasteiger partial charge in [0.25, 0.3) is 0 Å². The highest BCUT2D eigenvalue weighted by Gasteiger charge is 2.22. The van der Waals surface area contributed by atoms with Gasteiger partial charge in [-0.25, -0.2) is 4.79 Å². The lowest BCUT2D eigenvalue weighted by Crippen LogP contribution is -2.34. The Morgan fingerprint density at radius 2 is 1.79 bits per heavy atom. The smallest absolute Gasteiger partial charge is 0.342 e. The standard InChI is InChI=1S/C21H34N4O2S/c1-23(2)12-9-15-25-18-11-6-5-10-17(18)20(22-21(25)27)28-16-19(26)24-13-7-3-4-8-14-24/h3-16H2,1-2H3. The van der Waals surface area contributed by atoms with Crippen LogP contribution in [0, 0.1) is 0 Å². The van der Waals surface area contributed by atoms with Gasteiger partial charge >= 0.3 is 5.69 Å². The number of fused-ring (bicyclic) bond motifs is 1. The van der Waals surface area contributed by atoms with Crippen LogP contribution in [-0.2, 0) is 24.2 Å². The molecule has 1 aromatic heterocycles. The molecule has 0 radical (unpaired) electrons. The average Bonchev–Trinajstić information content (AvgIpc) is 2.97. The van der Waals surface area contributed by atoms with Gasteiger partial charge in [0.15, 0.2) is 0 Å². The fourth-order valence-electron chi connectivity index (χ4n) is 4.18. The molecule has 0 N–H and O–H groups in total. The van der Waals surface area contributed by atoms with Crippen LogP contribution in [0.4, 0.5) is 0 Å². The van der Waals surface area contributed by atoms with Crippen molar-refractivity contribution in [3.8, 4) is 0 Å². The highest BCUT2D eigenvalue weighted by Crippen LogP contribution is 2.29. The summed E-state index contributed by atoms with van der Waals surface area (Å²) in [7, 11) is 4.11. The molecule has 3 rings (SSSR count). The molecule has 1 saturated heterocycles. The Kier molecular flexibility index (Phi) is 7.97. The van der Waals surface area contributed by atoms with Gasteiger partial charge in [0, 0.05) is 30.9 Å². The molecule has 1 aromatic rings. The van der Waals surface area contributed by atoms with Gasteiger partial charge in [-0.15, -0.1) is 0 Å². The molecule has 0 unspecified atom stereocenters. The molecular formula is C21H34N4O2S. The van der Waals surface area contributed by atoms with E-state index in [1.807, 2.05) is 9.47 Å². The second-order valence-electron chi connectivity index (χ2n) is 8.22. The van der Waals surface area contributed by atoms with E-state index in [1.165, 1.54) is 30.2 Å². The molecule has 0 atom stereocenters. The van der Waals surface area contributed by atoms with Crippen molar-refractivity contribution in [2.75, 3.05) is 39.5 Å².